The molecule has 3 heterocycles. The van der Waals surface area contributed by atoms with Gasteiger partial charge in [0.15, 0.2) is 8.68 Å². The van der Waals surface area contributed by atoms with Crippen LogP contribution in [0.25, 0.3) is 10.2 Å². The first-order chi connectivity index (χ1) is 11.2. The van der Waals surface area contributed by atoms with Crippen LogP contribution < -0.4 is 0 Å². The molecule has 4 nitrogen and oxygen atoms in total. The van der Waals surface area contributed by atoms with Gasteiger partial charge in [0.25, 0.3) is 0 Å². The van der Waals surface area contributed by atoms with Gasteiger partial charge < -0.3 is 0 Å². The van der Waals surface area contributed by atoms with Crippen molar-refractivity contribution in [3.05, 3.63) is 16.3 Å². The molecule has 120 valence electrons. The molecule has 0 radical (unpaired) electrons. The van der Waals surface area contributed by atoms with E-state index in [0.29, 0.717) is 0 Å². The highest BCUT2D eigenvalue weighted by Gasteiger charge is 2.23. The highest BCUT2D eigenvalue weighted by Crippen LogP contribution is 2.43. The lowest BCUT2D eigenvalue weighted by atomic mass is 10.2. The maximum absolute atomic E-state index is 4.71. The number of hydrogen-bond donors (Lipinski definition) is 0. The summed E-state index contributed by atoms with van der Waals surface area (Å²) in [5.74, 6) is 1.93. The summed E-state index contributed by atoms with van der Waals surface area (Å²) in [6.07, 6.45) is 4.75. The van der Waals surface area contributed by atoms with Gasteiger partial charge in [0.1, 0.15) is 15.7 Å². The molecule has 0 fully saturated rings. The van der Waals surface area contributed by atoms with Crippen molar-refractivity contribution in [1.29, 1.82) is 0 Å². The van der Waals surface area contributed by atoms with Crippen molar-refractivity contribution < 1.29 is 0 Å². The summed E-state index contributed by atoms with van der Waals surface area (Å²) in [6.45, 7) is 4.15. The van der Waals surface area contributed by atoms with Gasteiger partial charge in [0.2, 0.25) is 0 Å². The van der Waals surface area contributed by atoms with Crippen LogP contribution in [0.5, 0.6) is 0 Å². The minimum Gasteiger partial charge on any atom is -0.226 e. The number of thioether (sulfide) groups is 1. The van der Waals surface area contributed by atoms with Gasteiger partial charge in [0.05, 0.1) is 0 Å². The minimum absolute atomic E-state index is 0.838. The predicted molar refractivity (Wildman–Crippen MR) is 99.2 cm³/mol. The number of aromatic nitrogens is 4. The molecule has 0 saturated carbocycles. The van der Waals surface area contributed by atoms with Gasteiger partial charge in [-0.05, 0) is 49.9 Å². The zero-order chi connectivity index (χ0) is 15.8. The second kappa shape index (κ2) is 6.66. The molecule has 0 aliphatic heterocycles. The van der Waals surface area contributed by atoms with E-state index < -0.39 is 0 Å². The van der Waals surface area contributed by atoms with E-state index in [4.69, 9.17) is 4.98 Å². The fraction of sp³-hybridized carbons (Fsp3) is 0.467. The lowest BCUT2D eigenvalue weighted by Gasteiger charge is -2.03. The second-order valence-electron chi connectivity index (χ2n) is 5.40. The number of hydrogen-bond acceptors (Lipinski definition) is 8. The molecule has 3 aromatic heterocycles. The molecule has 0 aromatic carbocycles. The van der Waals surface area contributed by atoms with Gasteiger partial charge in [-0.15, -0.1) is 21.5 Å². The van der Waals surface area contributed by atoms with Gasteiger partial charge in [-0.3, -0.25) is 0 Å². The first-order valence-corrected chi connectivity index (χ1v) is 11.1. The summed E-state index contributed by atoms with van der Waals surface area (Å²) in [5, 5.41) is 10.9. The van der Waals surface area contributed by atoms with Crippen molar-refractivity contribution in [2.75, 3.05) is 5.75 Å². The van der Waals surface area contributed by atoms with Gasteiger partial charge in [-0.25, -0.2) is 9.97 Å². The quantitative estimate of drug-likeness (QED) is 0.459. The third-order valence-electron chi connectivity index (χ3n) is 3.64. The fourth-order valence-electron chi connectivity index (χ4n) is 2.71. The third kappa shape index (κ3) is 3.14. The smallest absolute Gasteiger partial charge is 0.181 e. The number of aryl methyl sites for hydroxylation is 3. The van der Waals surface area contributed by atoms with E-state index in [-0.39, 0.29) is 0 Å². The van der Waals surface area contributed by atoms with Gasteiger partial charge >= 0.3 is 0 Å². The Kier molecular flexibility index (Phi) is 4.58. The van der Waals surface area contributed by atoms with Crippen LogP contribution >= 0.6 is 46.2 Å². The van der Waals surface area contributed by atoms with Crippen LogP contribution in [0.2, 0.25) is 0 Å². The fourth-order valence-corrected chi connectivity index (χ4v) is 7.14. The molecule has 8 heteroatoms. The van der Waals surface area contributed by atoms with Crippen molar-refractivity contribution in [1.82, 2.24) is 20.2 Å². The predicted octanol–water partition coefficient (Wildman–Crippen LogP) is 4.99. The normalized spacial score (nSPS) is 13.8. The van der Waals surface area contributed by atoms with Gasteiger partial charge in [-0.1, -0.05) is 30.0 Å². The zero-order valence-corrected chi connectivity index (χ0v) is 16.2. The molecule has 0 saturated heterocycles. The molecule has 0 amide bonds. The Labute approximate surface area is 151 Å². The van der Waals surface area contributed by atoms with Crippen LogP contribution in [0, 0.1) is 6.92 Å². The van der Waals surface area contributed by atoms with Crippen LogP contribution in [0.1, 0.15) is 36.0 Å². The monoisotopic (exact) mass is 380 g/mol. The highest BCUT2D eigenvalue weighted by atomic mass is 32.2. The average molecular weight is 381 g/mol. The molecule has 1 aliphatic carbocycles. The van der Waals surface area contributed by atoms with E-state index in [1.165, 1.54) is 28.7 Å². The summed E-state index contributed by atoms with van der Waals surface area (Å²) in [4.78, 5) is 12.0. The standard InChI is InChI=1S/C15H16N4S4/c1-3-7-20-14-18-19-15(23-14)22-13-11-9-5-4-6-10(9)21-12(11)16-8(2)17-13/h3-7H2,1-2H3. The van der Waals surface area contributed by atoms with Crippen LogP contribution in [0.15, 0.2) is 13.7 Å². The van der Waals surface area contributed by atoms with E-state index in [2.05, 4.69) is 22.1 Å². The minimum atomic E-state index is 0.838. The number of fused-ring (bicyclic) bond motifs is 3. The molecule has 0 bridgehead atoms. The largest absolute Gasteiger partial charge is 0.226 e. The Morgan fingerprint density at radius 3 is 2.83 bits per heavy atom. The molecule has 0 N–H and O–H groups in total. The van der Waals surface area contributed by atoms with Gasteiger partial charge in [0, 0.05) is 16.0 Å². The molecular formula is C15H16N4S4. The van der Waals surface area contributed by atoms with Crippen molar-refractivity contribution >= 4 is 56.4 Å². The summed E-state index contributed by atoms with van der Waals surface area (Å²) in [6, 6.07) is 0. The van der Waals surface area contributed by atoms with Crippen molar-refractivity contribution in [3.63, 3.8) is 0 Å². The maximum Gasteiger partial charge on any atom is 0.181 e. The van der Waals surface area contributed by atoms with Crippen LogP contribution in [-0.2, 0) is 12.8 Å². The molecule has 0 atom stereocenters. The SMILES string of the molecule is CCCSc1nnc(Sc2nc(C)nc3sc4c(c23)CCC4)s1. The van der Waals surface area contributed by atoms with Crippen LogP contribution in [-0.4, -0.2) is 25.9 Å². The molecule has 0 unspecified atom stereocenters. The van der Waals surface area contributed by atoms with Crippen molar-refractivity contribution in [3.8, 4) is 0 Å². The third-order valence-corrected chi connectivity index (χ3v) is 8.13. The highest BCUT2D eigenvalue weighted by molar-refractivity contribution is 8.03. The van der Waals surface area contributed by atoms with E-state index in [0.717, 1.165) is 43.0 Å². The summed E-state index contributed by atoms with van der Waals surface area (Å²) < 4.78 is 2.02. The Morgan fingerprint density at radius 1 is 1.09 bits per heavy atom. The molecular weight excluding hydrogens is 364 g/mol. The lowest BCUT2D eigenvalue weighted by molar-refractivity contribution is 0.913. The number of thiophene rings is 1. The Balaban J connectivity index is 1.69. The second-order valence-corrected chi connectivity index (χ2v) is 10.0. The topological polar surface area (TPSA) is 51.6 Å². The Morgan fingerprint density at radius 2 is 1.96 bits per heavy atom. The van der Waals surface area contributed by atoms with Crippen LogP contribution in [0.3, 0.4) is 0 Å². The Hall–Kier alpha value is -0.700. The van der Waals surface area contributed by atoms with E-state index in [1.54, 1.807) is 34.9 Å². The van der Waals surface area contributed by atoms with Crippen LogP contribution in [0.4, 0.5) is 0 Å². The average Bonchev–Trinajstić information content (AvgIpc) is 3.20. The Bertz CT molecular complexity index is 855. The molecule has 1 aliphatic rings. The molecule has 23 heavy (non-hydrogen) atoms. The summed E-state index contributed by atoms with van der Waals surface area (Å²) >= 11 is 6.93. The summed E-state index contributed by atoms with van der Waals surface area (Å²) in [7, 11) is 0. The molecule has 4 rings (SSSR count). The number of rotatable bonds is 5. The first kappa shape index (κ1) is 15.8. The first-order valence-electron chi connectivity index (χ1n) is 7.67. The van der Waals surface area contributed by atoms with E-state index in [9.17, 15) is 0 Å². The number of nitrogens with zero attached hydrogens (tertiary/aromatic N) is 4. The molecule has 0 spiro atoms. The zero-order valence-electron chi connectivity index (χ0n) is 13.0. The van der Waals surface area contributed by atoms with E-state index in [1.807, 2.05) is 18.3 Å². The van der Waals surface area contributed by atoms with Gasteiger partial charge in [-0.2, -0.15) is 0 Å². The maximum atomic E-state index is 4.71. The van der Waals surface area contributed by atoms with Crippen molar-refractivity contribution in [2.24, 2.45) is 0 Å². The molecule has 3 aromatic rings. The van der Waals surface area contributed by atoms with Crippen molar-refractivity contribution in [2.45, 2.75) is 53.2 Å². The van der Waals surface area contributed by atoms with E-state index >= 15 is 0 Å². The lowest BCUT2D eigenvalue weighted by Crippen LogP contribution is -1.92. The summed E-state index contributed by atoms with van der Waals surface area (Å²) in [5.41, 5.74) is 1.47.